The highest BCUT2D eigenvalue weighted by Crippen LogP contribution is 2.44. The molecule has 1 N–H and O–H groups in total. The van der Waals surface area contributed by atoms with Gasteiger partial charge in [0.15, 0.2) is 0 Å². The number of hydrogen-bond acceptors (Lipinski definition) is 2. The molecule has 0 saturated heterocycles. The summed E-state index contributed by atoms with van der Waals surface area (Å²) >= 11 is 0. The van der Waals surface area contributed by atoms with Crippen molar-refractivity contribution in [2.45, 2.75) is 44.6 Å². The van der Waals surface area contributed by atoms with Crippen LogP contribution in [0.3, 0.4) is 0 Å². The lowest BCUT2D eigenvalue weighted by molar-refractivity contribution is -0.124. The summed E-state index contributed by atoms with van der Waals surface area (Å²) in [6.07, 6.45) is 5.43. The molecule has 1 aliphatic rings. The molecule has 120 valence electrons. The largest absolute Gasteiger partial charge is 0.324 e. The Kier molecular flexibility index (Phi) is 4.33. The van der Waals surface area contributed by atoms with Gasteiger partial charge in [0.2, 0.25) is 5.91 Å². The average Bonchev–Trinajstić information content (AvgIpc) is 2.51. The summed E-state index contributed by atoms with van der Waals surface area (Å²) < 4.78 is 1.64. The third-order valence-corrected chi connectivity index (χ3v) is 4.67. The van der Waals surface area contributed by atoms with E-state index in [2.05, 4.69) is 5.32 Å². The number of anilines is 1. The number of hydrogen-bond donors (Lipinski definition) is 1. The first kappa shape index (κ1) is 15.5. The third-order valence-electron chi connectivity index (χ3n) is 4.67. The van der Waals surface area contributed by atoms with Gasteiger partial charge in [0, 0.05) is 18.8 Å². The molecule has 1 aromatic heterocycles. The van der Waals surface area contributed by atoms with Crippen LogP contribution in [0.4, 0.5) is 5.69 Å². The van der Waals surface area contributed by atoms with Crippen molar-refractivity contribution < 1.29 is 4.79 Å². The van der Waals surface area contributed by atoms with Crippen molar-refractivity contribution in [3.63, 3.8) is 0 Å². The van der Waals surface area contributed by atoms with Crippen LogP contribution in [0.1, 0.15) is 38.2 Å². The lowest BCUT2D eigenvalue weighted by Gasteiger charge is -2.40. The normalized spacial score (nSPS) is 15.7. The molecule has 4 nitrogen and oxygen atoms in total. The minimum Gasteiger partial charge on any atom is -0.324 e. The van der Waals surface area contributed by atoms with Gasteiger partial charge in [0.1, 0.15) is 0 Å². The Morgan fingerprint density at radius 2 is 1.91 bits per heavy atom. The maximum Gasteiger partial charge on any atom is 0.250 e. The fourth-order valence-corrected chi connectivity index (χ4v) is 3.21. The van der Waals surface area contributed by atoms with Gasteiger partial charge in [0.05, 0.1) is 11.1 Å². The summed E-state index contributed by atoms with van der Waals surface area (Å²) in [5.74, 6) is 0.0247. The van der Waals surface area contributed by atoms with E-state index in [1.165, 1.54) is 6.07 Å². The summed E-state index contributed by atoms with van der Waals surface area (Å²) in [5, 5.41) is 3.01. The molecule has 0 radical (unpaired) electrons. The van der Waals surface area contributed by atoms with Gasteiger partial charge in [0.25, 0.3) is 5.56 Å². The number of benzene rings is 1. The van der Waals surface area contributed by atoms with Gasteiger partial charge in [-0.25, -0.2) is 0 Å². The molecule has 0 atom stereocenters. The first-order chi connectivity index (χ1) is 11.2. The van der Waals surface area contributed by atoms with E-state index in [0.29, 0.717) is 12.2 Å². The van der Waals surface area contributed by atoms with E-state index >= 15 is 0 Å². The number of aryl methyl sites for hydroxylation is 1. The van der Waals surface area contributed by atoms with Crippen molar-refractivity contribution in [2.75, 3.05) is 5.32 Å². The van der Waals surface area contributed by atoms with Gasteiger partial charge < -0.3 is 9.88 Å². The van der Waals surface area contributed by atoms with E-state index < -0.39 is 5.41 Å². The van der Waals surface area contributed by atoms with Crippen LogP contribution in [0, 0.1) is 0 Å². The Balaban J connectivity index is 1.84. The van der Waals surface area contributed by atoms with Crippen LogP contribution < -0.4 is 10.9 Å². The predicted molar refractivity (Wildman–Crippen MR) is 91.6 cm³/mol. The Labute approximate surface area is 136 Å². The Morgan fingerprint density at radius 1 is 1.17 bits per heavy atom. The molecule has 1 saturated carbocycles. The maximum atomic E-state index is 12.9. The van der Waals surface area contributed by atoms with Crippen LogP contribution in [-0.4, -0.2) is 10.5 Å². The molecule has 4 heteroatoms. The fourth-order valence-electron chi connectivity index (χ4n) is 3.21. The van der Waals surface area contributed by atoms with Crippen LogP contribution in [0.5, 0.6) is 0 Å². The predicted octanol–water partition coefficient (Wildman–Crippen LogP) is 3.32. The molecule has 0 spiro atoms. The minimum absolute atomic E-state index is 0.0247. The number of rotatable bonds is 5. The first-order valence-corrected chi connectivity index (χ1v) is 8.23. The van der Waals surface area contributed by atoms with Crippen LogP contribution in [-0.2, 0) is 16.8 Å². The molecule has 3 rings (SSSR count). The molecule has 1 aromatic carbocycles. The molecule has 1 amide bonds. The van der Waals surface area contributed by atoms with Crippen LogP contribution in [0.25, 0.3) is 0 Å². The van der Waals surface area contributed by atoms with Crippen LogP contribution in [0.2, 0.25) is 0 Å². The third kappa shape index (κ3) is 2.93. The zero-order valence-electron chi connectivity index (χ0n) is 13.4. The zero-order chi connectivity index (χ0) is 16.3. The standard InChI is InChI=1S/C19H22N2O2/c1-2-13-21-14-16(9-10-17(21)22)20-18(23)19(11-6-12-19)15-7-4-3-5-8-15/h3-5,7-10,14H,2,6,11-13H2,1H3,(H,20,23). The SMILES string of the molecule is CCCn1cc(NC(=O)C2(c3ccccc3)CCC2)ccc1=O. The number of carbonyl (C=O) groups is 1. The van der Waals surface area contributed by atoms with E-state index in [1.54, 1.807) is 16.8 Å². The summed E-state index contributed by atoms with van der Waals surface area (Å²) in [6.45, 7) is 2.68. The zero-order valence-corrected chi connectivity index (χ0v) is 13.4. The average molecular weight is 310 g/mol. The number of carbonyl (C=O) groups excluding carboxylic acids is 1. The summed E-state index contributed by atoms with van der Waals surface area (Å²) in [7, 11) is 0. The Bertz CT molecular complexity index is 745. The van der Waals surface area contributed by atoms with Gasteiger partial charge in [-0.3, -0.25) is 9.59 Å². The second-order valence-electron chi connectivity index (χ2n) is 6.21. The number of amides is 1. The van der Waals surface area contributed by atoms with Crippen molar-refractivity contribution in [3.8, 4) is 0 Å². The Hall–Kier alpha value is -2.36. The van der Waals surface area contributed by atoms with Crippen molar-refractivity contribution in [1.29, 1.82) is 0 Å². The molecule has 1 heterocycles. The molecular formula is C19H22N2O2. The molecule has 0 bridgehead atoms. The van der Waals surface area contributed by atoms with Crippen molar-refractivity contribution >= 4 is 11.6 Å². The van der Waals surface area contributed by atoms with Crippen molar-refractivity contribution in [2.24, 2.45) is 0 Å². The van der Waals surface area contributed by atoms with Gasteiger partial charge >= 0.3 is 0 Å². The lowest BCUT2D eigenvalue weighted by Crippen LogP contribution is -2.46. The second kappa shape index (κ2) is 6.41. The summed E-state index contributed by atoms with van der Waals surface area (Å²) in [4.78, 5) is 24.7. The summed E-state index contributed by atoms with van der Waals surface area (Å²) in [6, 6.07) is 13.2. The molecule has 0 aliphatic heterocycles. The van der Waals surface area contributed by atoms with E-state index in [0.717, 1.165) is 31.2 Å². The van der Waals surface area contributed by atoms with E-state index in [1.807, 2.05) is 37.3 Å². The first-order valence-electron chi connectivity index (χ1n) is 8.23. The molecule has 1 fully saturated rings. The van der Waals surface area contributed by atoms with Gasteiger partial charge in [-0.1, -0.05) is 43.7 Å². The molecule has 0 unspecified atom stereocenters. The van der Waals surface area contributed by atoms with Gasteiger partial charge in [-0.2, -0.15) is 0 Å². The highest BCUT2D eigenvalue weighted by molar-refractivity contribution is 5.99. The number of nitrogens with one attached hydrogen (secondary N) is 1. The highest BCUT2D eigenvalue weighted by atomic mass is 16.2. The summed E-state index contributed by atoms with van der Waals surface area (Å²) in [5.41, 5.74) is 1.30. The topological polar surface area (TPSA) is 51.1 Å². The van der Waals surface area contributed by atoms with Crippen LogP contribution >= 0.6 is 0 Å². The molecule has 1 aliphatic carbocycles. The Morgan fingerprint density at radius 3 is 2.52 bits per heavy atom. The lowest BCUT2D eigenvalue weighted by atomic mass is 9.64. The molecular weight excluding hydrogens is 288 g/mol. The highest BCUT2D eigenvalue weighted by Gasteiger charge is 2.45. The fraction of sp³-hybridized carbons (Fsp3) is 0.368. The number of pyridine rings is 1. The molecule has 23 heavy (non-hydrogen) atoms. The number of nitrogens with zero attached hydrogens (tertiary/aromatic N) is 1. The quantitative estimate of drug-likeness (QED) is 0.921. The smallest absolute Gasteiger partial charge is 0.250 e. The minimum atomic E-state index is -0.424. The van der Waals surface area contributed by atoms with Gasteiger partial charge in [-0.05, 0) is 30.9 Å². The van der Waals surface area contributed by atoms with Crippen molar-refractivity contribution in [1.82, 2.24) is 4.57 Å². The van der Waals surface area contributed by atoms with E-state index in [4.69, 9.17) is 0 Å². The maximum absolute atomic E-state index is 12.9. The van der Waals surface area contributed by atoms with Crippen molar-refractivity contribution in [3.05, 3.63) is 64.6 Å². The van der Waals surface area contributed by atoms with E-state index in [-0.39, 0.29) is 11.5 Å². The van der Waals surface area contributed by atoms with Gasteiger partial charge in [-0.15, -0.1) is 0 Å². The van der Waals surface area contributed by atoms with Crippen LogP contribution in [0.15, 0.2) is 53.5 Å². The van der Waals surface area contributed by atoms with E-state index in [9.17, 15) is 9.59 Å². The monoisotopic (exact) mass is 310 g/mol. The number of aromatic nitrogens is 1. The second-order valence-corrected chi connectivity index (χ2v) is 6.21. The molecule has 2 aromatic rings.